The Hall–Kier alpha value is -1.06. The summed E-state index contributed by atoms with van der Waals surface area (Å²) in [5, 5.41) is 0.716. The van der Waals surface area contributed by atoms with Crippen molar-refractivity contribution in [3.8, 4) is 0 Å². The van der Waals surface area contributed by atoms with Crippen molar-refractivity contribution in [1.82, 2.24) is 0 Å². The Labute approximate surface area is 117 Å². The van der Waals surface area contributed by atoms with E-state index in [0.717, 1.165) is 24.8 Å². The van der Waals surface area contributed by atoms with Crippen molar-refractivity contribution in [3.63, 3.8) is 0 Å². The molecule has 0 saturated carbocycles. The number of halogens is 1. The molecule has 19 heavy (non-hydrogen) atoms. The van der Waals surface area contributed by atoms with Gasteiger partial charge in [-0.15, -0.1) is 0 Å². The van der Waals surface area contributed by atoms with E-state index in [-0.39, 0.29) is 30.0 Å². The highest BCUT2D eigenvalue weighted by Crippen LogP contribution is 2.45. The predicted molar refractivity (Wildman–Crippen MR) is 72.2 cm³/mol. The second-order valence-corrected chi connectivity index (χ2v) is 5.75. The normalized spacial score (nSPS) is 33.2. The van der Waals surface area contributed by atoms with E-state index in [0.29, 0.717) is 5.02 Å². The van der Waals surface area contributed by atoms with Crippen molar-refractivity contribution in [2.75, 3.05) is 7.11 Å². The molecule has 102 valence electrons. The molecule has 2 saturated heterocycles. The molecule has 2 aliphatic heterocycles. The molecule has 3 nitrogen and oxygen atoms in total. The number of esters is 1. The first-order valence-corrected chi connectivity index (χ1v) is 7.05. The molecule has 2 fully saturated rings. The highest BCUT2D eigenvalue weighted by molar-refractivity contribution is 6.30. The van der Waals surface area contributed by atoms with Crippen molar-refractivity contribution in [2.45, 2.75) is 37.4 Å². The minimum absolute atomic E-state index is 0.00637. The van der Waals surface area contributed by atoms with E-state index in [1.54, 1.807) is 0 Å². The van der Waals surface area contributed by atoms with Crippen LogP contribution >= 0.6 is 11.6 Å². The van der Waals surface area contributed by atoms with Gasteiger partial charge in [-0.2, -0.15) is 0 Å². The van der Waals surface area contributed by atoms with Crippen LogP contribution in [0.2, 0.25) is 5.02 Å². The molecule has 0 N–H and O–H groups in total. The molecule has 2 heterocycles. The zero-order chi connectivity index (χ0) is 13.4. The van der Waals surface area contributed by atoms with Gasteiger partial charge >= 0.3 is 5.97 Å². The summed E-state index contributed by atoms with van der Waals surface area (Å²) in [6.07, 6.45) is 3.17. The Kier molecular flexibility index (Phi) is 3.50. The third kappa shape index (κ3) is 2.37. The fourth-order valence-corrected chi connectivity index (χ4v) is 3.49. The van der Waals surface area contributed by atoms with Crippen LogP contribution in [0.3, 0.4) is 0 Å². The highest BCUT2D eigenvalue weighted by atomic mass is 35.5. The van der Waals surface area contributed by atoms with Gasteiger partial charge in [-0.3, -0.25) is 4.79 Å². The molecular weight excluding hydrogens is 264 g/mol. The lowest BCUT2D eigenvalue weighted by Crippen LogP contribution is -2.39. The first kappa shape index (κ1) is 12.9. The maximum atomic E-state index is 12.1. The number of ether oxygens (including phenoxy) is 2. The van der Waals surface area contributed by atoms with Crippen LogP contribution in [0.1, 0.15) is 30.7 Å². The number of carbonyl (C=O) groups is 1. The topological polar surface area (TPSA) is 35.5 Å². The molecule has 0 radical (unpaired) electrons. The number of hydrogen-bond acceptors (Lipinski definition) is 3. The molecule has 3 rings (SSSR count). The Bertz CT molecular complexity index is 471. The average molecular weight is 281 g/mol. The number of fused-ring (bicyclic) bond motifs is 2. The van der Waals surface area contributed by atoms with Gasteiger partial charge in [0, 0.05) is 10.9 Å². The van der Waals surface area contributed by atoms with Gasteiger partial charge in [-0.25, -0.2) is 0 Å². The fraction of sp³-hybridized carbons (Fsp3) is 0.533. The van der Waals surface area contributed by atoms with E-state index in [1.165, 1.54) is 7.11 Å². The summed E-state index contributed by atoms with van der Waals surface area (Å²) in [4.78, 5) is 12.1. The zero-order valence-corrected chi connectivity index (χ0v) is 11.6. The van der Waals surface area contributed by atoms with Crippen molar-refractivity contribution in [1.29, 1.82) is 0 Å². The molecule has 0 aromatic heterocycles. The van der Waals surface area contributed by atoms with Crippen LogP contribution in [0.4, 0.5) is 0 Å². The summed E-state index contributed by atoms with van der Waals surface area (Å²) in [7, 11) is 1.45. The highest BCUT2D eigenvalue weighted by Gasteiger charge is 2.47. The van der Waals surface area contributed by atoms with Gasteiger partial charge < -0.3 is 9.47 Å². The molecular formula is C15H17ClO3. The van der Waals surface area contributed by atoms with E-state index in [4.69, 9.17) is 21.1 Å². The Balaban J connectivity index is 1.92. The second-order valence-electron chi connectivity index (χ2n) is 5.32. The molecule has 0 aliphatic carbocycles. The van der Waals surface area contributed by atoms with E-state index < -0.39 is 0 Å². The average Bonchev–Trinajstić information content (AvgIpc) is 2.80. The lowest BCUT2D eigenvalue weighted by atomic mass is 9.79. The van der Waals surface area contributed by atoms with Crippen LogP contribution < -0.4 is 0 Å². The van der Waals surface area contributed by atoms with Crippen molar-refractivity contribution >= 4 is 17.6 Å². The first-order valence-electron chi connectivity index (χ1n) is 6.68. The van der Waals surface area contributed by atoms with Crippen molar-refractivity contribution in [2.24, 2.45) is 5.92 Å². The Morgan fingerprint density at radius 3 is 2.74 bits per heavy atom. The predicted octanol–water partition coefficient (Wildman–Crippen LogP) is 3.16. The first-order chi connectivity index (χ1) is 9.19. The van der Waals surface area contributed by atoms with Gasteiger partial charge in [-0.1, -0.05) is 23.7 Å². The number of rotatable bonds is 2. The molecule has 4 heteroatoms. The van der Waals surface area contributed by atoms with Crippen LogP contribution in [0.15, 0.2) is 24.3 Å². The second kappa shape index (κ2) is 5.14. The summed E-state index contributed by atoms with van der Waals surface area (Å²) in [5.41, 5.74) is 1.15. The number of hydrogen-bond donors (Lipinski definition) is 0. The standard InChI is InChI=1S/C15H17ClO3/c1-18-15(17)14-12(8-11-6-7-13(14)19-11)9-2-4-10(16)5-3-9/h2-5,11-14H,6-8H2,1H3/t11?,12-,13+,14-/m0/s1. The lowest BCUT2D eigenvalue weighted by Gasteiger charge is -2.35. The van der Waals surface area contributed by atoms with E-state index >= 15 is 0 Å². The zero-order valence-electron chi connectivity index (χ0n) is 10.8. The minimum atomic E-state index is -0.190. The molecule has 4 atom stereocenters. The van der Waals surface area contributed by atoms with E-state index in [1.807, 2.05) is 24.3 Å². The maximum Gasteiger partial charge on any atom is 0.311 e. The molecule has 0 spiro atoms. The van der Waals surface area contributed by atoms with Crippen molar-refractivity contribution in [3.05, 3.63) is 34.9 Å². The van der Waals surface area contributed by atoms with Gasteiger partial charge in [0.1, 0.15) is 0 Å². The van der Waals surface area contributed by atoms with Crippen LogP contribution in [0.25, 0.3) is 0 Å². The van der Waals surface area contributed by atoms with E-state index in [2.05, 4.69) is 0 Å². The SMILES string of the molecule is COC(=O)[C@@H]1[C@H]2CCC(C[C@H]1c1ccc(Cl)cc1)O2. The molecule has 1 unspecified atom stereocenters. The fourth-order valence-electron chi connectivity index (χ4n) is 3.37. The van der Waals surface area contributed by atoms with Gasteiger partial charge in [0.15, 0.2) is 0 Å². The van der Waals surface area contributed by atoms with Crippen LogP contribution in [-0.2, 0) is 14.3 Å². The van der Waals surface area contributed by atoms with E-state index in [9.17, 15) is 4.79 Å². The lowest BCUT2D eigenvalue weighted by molar-refractivity contribution is -0.156. The number of carbonyl (C=O) groups excluding carboxylic acids is 1. The summed E-state index contributed by atoms with van der Waals surface area (Å²) < 4.78 is 10.9. The molecule has 2 aliphatic rings. The number of benzene rings is 1. The van der Waals surface area contributed by atoms with Gasteiger partial charge in [0.25, 0.3) is 0 Å². The van der Waals surface area contributed by atoms with Crippen LogP contribution in [0, 0.1) is 5.92 Å². The minimum Gasteiger partial charge on any atom is -0.469 e. The maximum absolute atomic E-state index is 12.1. The molecule has 1 aromatic carbocycles. The summed E-state index contributed by atoms with van der Waals surface area (Å²) in [5.74, 6) is -0.175. The largest absolute Gasteiger partial charge is 0.469 e. The smallest absolute Gasteiger partial charge is 0.311 e. The molecule has 1 aromatic rings. The van der Waals surface area contributed by atoms with Gasteiger partial charge in [0.05, 0.1) is 25.2 Å². The quantitative estimate of drug-likeness (QED) is 0.781. The Morgan fingerprint density at radius 2 is 2.05 bits per heavy atom. The van der Waals surface area contributed by atoms with Crippen molar-refractivity contribution < 1.29 is 14.3 Å². The number of methoxy groups -OCH3 is 1. The molecule has 2 bridgehead atoms. The third-order valence-corrected chi connectivity index (χ3v) is 4.51. The third-order valence-electron chi connectivity index (χ3n) is 4.26. The monoisotopic (exact) mass is 280 g/mol. The summed E-state index contributed by atoms with van der Waals surface area (Å²) in [6.45, 7) is 0. The molecule has 0 amide bonds. The van der Waals surface area contributed by atoms with Crippen LogP contribution in [-0.4, -0.2) is 25.3 Å². The Morgan fingerprint density at radius 1 is 1.32 bits per heavy atom. The van der Waals surface area contributed by atoms with Gasteiger partial charge in [0.2, 0.25) is 0 Å². The van der Waals surface area contributed by atoms with Gasteiger partial charge in [-0.05, 0) is 37.0 Å². The summed E-state index contributed by atoms with van der Waals surface area (Å²) in [6, 6.07) is 7.77. The summed E-state index contributed by atoms with van der Waals surface area (Å²) >= 11 is 5.93. The van der Waals surface area contributed by atoms with Crippen LogP contribution in [0.5, 0.6) is 0 Å².